The Morgan fingerprint density at radius 3 is 2.18 bits per heavy atom. The molecule has 0 saturated carbocycles. The van der Waals surface area contributed by atoms with Crippen molar-refractivity contribution in [2.75, 3.05) is 10.8 Å². The molecule has 0 saturated heterocycles. The van der Waals surface area contributed by atoms with Crippen LogP contribution >= 0.6 is 23.2 Å². The van der Waals surface area contributed by atoms with E-state index in [2.05, 4.69) is 5.32 Å². The summed E-state index contributed by atoms with van der Waals surface area (Å²) < 4.78 is 28.5. The molecular formula is C28H31Cl2N3O4S. The van der Waals surface area contributed by atoms with Crippen molar-refractivity contribution in [2.45, 2.75) is 50.7 Å². The molecule has 7 nitrogen and oxygen atoms in total. The third kappa shape index (κ3) is 7.28. The molecule has 0 fully saturated rings. The maximum Gasteiger partial charge on any atom is 0.264 e. The van der Waals surface area contributed by atoms with Crippen LogP contribution in [0.15, 0.2) is 83.8 Å². The number of carbonyl (C=O) groups excluding carboxylic acids is 2. The first-order valence-corrected chi connectivity index (χ1v) is 14.4. The van der Waals surface area contributed by atoms with Gasteiger partial charge in [0, 0.05) is 22.6 Å². The van der Waals surface area contributed by atoms with Crippen LogP contribution in [0.1, 0.15) is 32.8 Å². The Bertz CT molecular complexity index is 1370. The second-order valence-electron chi connectivity index (χ2n) is 9.00. The predicted octanol–water partition coefficient (Wildman–Crippen LogP) is 5.52. The summed E-state index contributed by atoms with van der Waals surface area (Å²) in [5.41, 5.74) is 0.866. The Morgan fingerprint density at radius 1 is 0.921 bits per heavy atom. The Balaban J connectivity index is 2.07. The average Bonchev–Trinajstić information content (AvgIpc) is 2.88. The second kappa shape index (κ2) is 13.1. The third-order valence-corrected chi connectivity index (χ3v) is 8.21. The van der Waals surface area contributed by atoms with E-state index in [-0.39, 0.29) is 29.1 Å². The minimum atomic E-state index is -4.15. The molecule has 1 atom stereocenters. The zero-order valence-electron chi connectivity index (χ0n) is 21.5. The smallest absolute Gasteiger partial charge is 0.264 e. The van der Waals surface area contributed by atoms with Crippen molar-refractivity contribution in [1.82, 2.24) is 10.2 Å². The summed E-state index contributed by atoms with van der Waals surface area (Å²) in [6, 6.07) is 20.2. The highest BCUT2D eigenvalue weighted by atomic mass is 35.5. The van der Waals surface area contributed by atoms with Crippen molar-refractivity contribution in [3.8, 4) is 0 Å². The molecule has 3 rings (SSSR count). The molecule has 0 heterocycles. The molecule has 3 aromatic rings. The first kappa shape index (κ1) is 29.5. The maximum absolute atomic E-state index is 14.0. The molecule has 0 aliphatic heterocycles. The minimum absolute atomic E-state index is 0.0232. The van der Waals surface area contributed by atoms with Crippen LogP contribution in [0.4, 0.5) is 5.69 Å². The first-order chi connectivity index (χ1) is 18.0. The zero-order chi connectivity index (χ0) is 27.9. The number of hydrogen-bond donors (Lipinski definition) is 1. The van der Waals surface area contributed by atoms with Crippen LogP contribution < -0.4 is 9.62 Å². The quantitative estimate of drug-likeness (QED) is 0.326. The maximum atomic E-state index is 14.0. The predicted molar refractivity (Wildman–Crippen MR) is 152 cm³/mol. The van der Waals surface area contributed by atoms with Gasteiger partial charge in [0.1, 0.15) is 12.6 Å². The summed E-state index contributed by atoms with van der Waals surface area (Å²) in [5, 5.41) is 3.62. The van der Waals surface area contributed by atoms with Gasteiger partial charge in [-0.15, -0.1) is 0 Å². The minimum Gasteiger partial charge on any atom is -0.352 e. The van der Waals surface area contributed by atoms with E-state index in [1.54, 1.807) is 67.6 Å². The summed E-state index contributed by atoms with van der Waals surface area (Å²) >= 11 is 12.6. The van der Waals surface area contributed by atoms with Crippen LogP contribution in [0.3, 0.4) is 0 Å². The molecule has 2 amide bonds. The SMILES string of the molecule is CCC(C(=O)NC(C)C)N(Cc1ccccc1Cl)C(=O)CN(c1cccc(Cl)c1)S(=O)(=O)c1ccccc1. The van der Waals surface area contributed by atoms with Gasteiger partial charge in [0.25, 0.3) is 10.0 Å². The highest BCUT2D eigenvalue weighted by Gasteiger charge is 2.34. The summed E-state index contributed by atoms with van der Waals surface area (Å²) in [5.74, 6) is -0.890. The summed E-state index contributed by atoms with van der Waals surface area (Å²) in [6.07, 6.45) is 0.317. The van der Waals surface area contributed by atoms with E-state index in [1.165, 1.54) is 23.1 Å². The lowest BCUT2D eigenvalue weighted by molar-refractivity contribution is -0.140. The molecule has 0 bridgehead atoms. The number of nitrogens with zero attached hydrogens (tertiary/aromatic N) is 2. The number of carbonyl (C=O) groups is 2. The van der Waals surface area contributed by atoms with Crippen LogP contribution in [0.5, 0.6) is 0 Å². The molecule has 1 N–H and O–H groups in total. The molecule has 0 aromatic heterocycles. The van der Waals surface area contributed by atoms with Crippen LogP contribution in [-0.4, -0.2) is 43.8 Å². The van der Waals surface area contributed by atoms with Crippen LogP contribution in [0, 0.1) is 0 Å². The van der Waals surface area contributed by atoms with E-state index >= 15 is 0 Å². The van der Waals surface area contributed by atoms with Crippen molar-refractivity contribution in [3.63, 3.8) is 0 Å². The van der Waals surface area contributed by atoms with Gasteiger partial charge in [-0.1, -0.05) is 72.6 Å². The molecule has 10 heteroatoms. The average molecular weight is 577 g/mol. The Kier molecular flexibility index (Phi) is 10.2. The number of amides is 2. The highest BCUT2D eigenvalue weighted by molar-refractivity contribution is 7.92. The molecule has 0 spiro atoms. The van der Waals surface area contributed by atoms with Crippen molar-refractivity contribution in [2.24, 2.45) is 0 Å². The topological polar surface area (TPSA) is 86.8 Å². The van der Waals surface area contributed by atoms with Crippen molar-refractivity contribution in [3.05, 3.63) is 94.5 Å². The van der Waals surface area contributed by atoms with Crippen molar-refractivity contribution >= 4 is 50.7 Å². The Labute approximate surface area is 234 Å². The van der Waals surface area contributed by atoms with E-state index in [4.69, 9.17) is 23.2 Å². The number of halogens is 2. The fourth-order valence-corrected chi connectivity index (χ4v) is 5.80. The van der Waals surface area contributed by atoms with Gasteiger partial charge in [-0.3, -0.25) is 13.9 Å². The van der Waals surface area contributed by atoms with Crippen molar-refractivity contribution in [1.29, 1.82) is 0 Å². The monoisotopic (exact) mass is 575 g/mol. The number of anilines is 1. The number of nitrogens with one attached hydrogen (secondary N) is 1. The fourth-order valence-electron chi connectivity index (χ4n) is 3.99. The molecule has 0 aliphatic carbocycles. The number of sulfonamides is 1. The summed E-state index contributed by atoms with van der Waals surface area (Å²) in [7, 11) is -4.15. The van der Waals surface area contributed by atoms with Gasteiger partial charge in [0.15, 0.2) is 0 Å². The van der Waals surface area contributed by atoms with E-state index < -0.39 is 28.5 Å². The molecule has 3 aromatic carbocycles. The van der Waals surface area contributed by atoms with Gasteiger partial charge in [-0.05, 0) is 62.2 Å². The van der Waals surface area contributed by atoms with Gasteiger partial charge >= 0.3 is 0 Å². The van der Waals surface area contributed by atoms with Gasteiger partial charge in [0.2, 0.25) is 11.8 Å². The molecule has 0 radical (unpaired) electrons. The Hall–Kier alpha value is -3.07. The number of hydrogen-bond acceptors (Lipinski definition) is 4. The van der Waals surface area contributed by atoms with E-state index in [1.807, 2.05) is 13.8 Å². The Morgan fingerprint density at radius 2 is 1.58 bits per heavy atom. The molecule has 38 heavy (non-hydrogen) atoms. The van der Waals surface area contributed by atoms with E-state index in [0.29, 0.717) is 22.0 Å². The van der Waals surface area contributed by atoms with E-state index in [0.717, 1.165) is 4.31 Å². The first-order valence-electron chi connectivity index (χ1n) is 12.2. The van der Waals surface area contributed by atoms with Crippen LogP contribution in [0.2, 0.25) is 10.0 Å². The molecule has 202 valence electrons. The van der Waals surface area contributed by atoms with Gasteiger partial charge in [-0.2, -0.15) is 0 Å². The summed E-state index contributed by atoms with van der Waals surface area (Å²) in [6.45, 7) is 4.94. The van der Waals surface area contributed by atoms with Gasteiger partial charge < -0.3 is 10.2 Å². The van der Waals surface area contributed by atoms with Gasteiger partial charge in [0.05, 0.1) is 10.6 Å². The number of rotatable bonds is 11. The molecule has 0 aliphatic rings. The molecular weight excluding hydrogens is 545 g/mol. The molecule has 1 unspecified atom stereocenters. The van der Waals surface area contributed by atoms with E-state index in [9.17, 15) is 18.0 Å². The van der Waals surface area contributed by atoms with Crippen LogP contribution in [0.25, 0.3) is 0 Å². The zero-order valence-corrected chi connectivity index (χ0v) is 23.8. The van der Waals surface area contributed by atoms with Crippen LogP contribution in [-0.2, 0) is 26.2 Å². The number of benzene rings is 3. The highest BCUT2D eigenvalue weighted by Crippen LogP contribution is 2.27. The summed E-state index contributed by atoms with van der Waals surface area (Å²) in [4.78, 5) is 28.5. The largest absolute Gasteiger partial charge is 0.352 e. The van der Waals surface area contributed by atoms with Gasteiger partial charge in [-0.25, -0.2) is 8.42 Å². The normalized spacial score (nSPS) is 12.2. The van der Waals surface area contributed by atoms with Crippen molar-refractivity contribution < 1.29 is 18.0 Å². The lowest BCUT2D eigenvalue weighted by Gasteiger charge is -2.33. The standard InChI is InChI=1S/C28H31Cl2N3O4S/c1-4-26(28(35)31-20(2)3)32(18-21-11-8-9-16-25(21)30)27(34)19-33(23-13-10-12-22(29)17-23)38(36,37)24-14-6-5-7-15-24/h5-17,20,26H,4,18-19H2,1-3H3,(H,31,35). The lowest BCUT2D eigenvalue weighted by Crippen LogP contribution is -2.53. The fraction of sp³-hybridized carbons (Fsp3) is 0.286. The second-order valence-corrected chi connectivity index (χ2v) is 11.7. The third-order valence-electron chi connectivity index (χ3n) is 5.82. The lowest BCUT2D eigenvalue weighted by atomic mass is 10.1.